The molecular weight excluding hydrogens is 356 g/mol. The molecule has 2 N–H and O–H groups in total. The summed E-state index contributed by atoms with van der Waals surface area (Å²) in [6.45, 7) is 1.10. The molecule has 0 saturated heterocycles. The standard InChI is InChI=1S/C18H18N2O5S/c21-18-7-2-12-10-14(4-5-15(12)19-18)26(22,23)20-13-3-6-16-17(11-13)25-9-1-8-24-16/h3-6,10-11,20H,1-2,7-9H2,(H,19,21). The van der Waals surface area contributed by atoms with E-state index in [1.165, 1.54) is 6.07 Å². The first kappa shape index (κ1) is 16.7. The van der Waals surface area contributed by atoms with Crippen LogP contribution in [0, 0.1) is 0 Å². The van der Waals surface area contributed by atoms with E-state index < -0.39 is 10.0 Å². The van der Waals surface area contributed by atoms with Crippen LogP contribution >= 0.6 is 0 Å². The van der Waals surface area contributed by atoms with Gasteiger partial charge in [0.25, 0.3) is 10.0 Å². The molecule has 0 bridgehead atoms. The van der Waals surface area contributed by atoms with Gasteiger partial charge in [0.1, 0.15) is 0 Å². The lowest BCUT2D eigenvalue weighted by atomic mass is 10.0. The Morgan fingerprint density at radius 1 is 0.962 bits per heavy atom. The average Bonchev–Trinajstić information content (AvgIpc) is 2.85. The van der Waals surface area contributed by atoms with Crippen molar-refractivity contribution >= 4 is 27.3 Å². The third-order valence-corrected chi connectivity index (χ3v) is 5.66. The van der Waals surface area contributed by atoms with Crippen LogP contribution in [0.25, 0.3) is 0 Å². The minimum atomic E-state index is -3.76. The van der Waals surface area contributed by atoms with Crippen molar-refractivity contribution in [1.82, 2.24) is 0 Å². The van der Waals surface area contributed by atoms with E-state index >= 15 is 0 Å². The number of carbonyl (C=O) groups excluding carboxylic acids is 1. The Labute approximate surface area is 151 Å². The van der Waals surface area contributed by atoms with Crippen molar-refractivity contribution in [3.05, 3.63) is 42.0 Å². The van der Waals surface area contributed by atoms with E-state index in [4.69, 9.17) is 9.47 Å². The number of nitrogens with one attached hydrogen (secondary N) is 2. The summed E-state index contributed by atoms with van der Waals surface area (Å²) in [5.74, 6) is 1.07. The summed E-state index contributed by atoms with van der Waals surface area (Å²) in [5, 5.41) is 2.74. The predicted molar refractivity (Wildman–Crippen MR) is 96.3 cm³/mol. The molecule has 2 aromatic carbocycles. The number of rotatable bonds is 3. The number of anilines is 2. The van der Waals surface area contributed by atoms with Crippen LogP contribution in [0.1, 0.15) is 18.4 Å². The zero-order chi connectivity index (χ0) is 18.1. The van der Waals surface area contributed by atoms with Crippen LogP contribution in [0.2, 0.25) is 0 Å². The van der Waals surface area contributed by atoms with Gasteiger partial charge in [-0.1, -0.05) is 0 Å². The highest BCUT2D eigenvalue weighted by molar-refractivity contribution is 7.92. The molecule has 2 aliphatic heterocycles. The lowest BCUT2D eigenvalue weighted by Crippen LogP contribution is -2.20. The quantitative estimate of drug-likeness (QED) is 0.861. The van der Waals surface area contributed by atoms with Crippen molar-refractivity contribution in [2.45, 2.75) is 24.2 Å². The van der Waals surface area contributed by atoms with Crippen LogP contribution in [-0.4, -0.2) is 27.5 Å². The molecule has 0 radical (unpaired) electrons. The fourth-order valence-electron chi connectivity index (χ4n) is 2.97. The first-order chi connectivity index (χ1) is 12.5. The van der Waals surface area contributed by atoms with Gasteiger partial charge in [0.15, 0.2) is 11.5 Å². The summed E-state index contributed by atoms with van der Waals surface area (Å²) < 4.78 is 39.2. The van der Waals surface area contributed by atoms with Crippen molar-refractivity contribution in [3.63, 3.8) is 0 Å². The predicted octanol–water partition coefficient (Wildman–Crippen LogP) is 2.53. The molecule has 0 atom stereocenters. The Morgan fingerprint density at radius 3 is 2.62 bits per heavy atom. The summed E-state index contributed by atoms with van der Waals surface area (Å²) in [4.78, 5) is 11.6. The monoisotopic (exact) mass is 374 g/mol. The third kappa shape index (κ3) is 3.32. The van der Waals surface area contributed by atoms with Crippen LogP contribution in [-0.2, 0) is 21.2 Å². The average molecular weight is 374 g/mol. The second-order valence-corrected chi connectivity index (χ2v) is 7.87. The molecule has 0 fully saturated rings. The molecule has 0 aromatic heterocycles. The van der Waals surface area contributed by atoms with Crippen LogP contribution in [0.4, 0.5) is 11.4 Å². The zero-order valence-corrected chi connectivity index (χ0v) is 14.8. The topological polar surface area (TPSA) is 93.7 Å². The van der Waals surface area contributed by atoms with Crippen molar-refractivity contribution in [1.29, 1.82) is 0 Å². The molecule has 0 unspecified atom stereocenters. The van der Waals surface area contributed by atoms with Crippen molar-refractivity contribution in [3.8, 4) is 11.5 Å². The first-order valence-corrected chi connectivity index (χ1v) is 9.85. The molecule has 2 heterocycles. The summed E-state index contributed by atoms with van der Waals surface area (Å²) in [6, 6.07) is 9.66. The van der Waals surface area contributed by atoms with Gasteiger partial charge in [-0.05, 0) is 42.3 Å². The lowest BCUT2D eigenvalue weighted by Gasteiger charge is -2.18. The van der Waals surface area contributed by atoms with Crippen LogP contribution < -0.4 is 19.5 Å². The number of hydrogen-bond acceptors (Lipinski definition) is 5. The third-order valence-electron chi connectivity index (χ3n) is 4.28. The van der Waals surface area contributed by atoms with Gasteiger partial charge in [-0.15, -0.1) is 0 Å². The van der Waals surface area contributed by atoms with Crippen molar-refractivity contribution in [2.24, 2.45) is 0 Å². The number of carbonyl (C=O) groups is 1. The highest BCUT2D eigenvalue weighted by Gasteiger charge is 2.21. The van der Waals surface area contributed by atoms with E-state index in [1.54, 1.807) is 30.3 Å². The second kappa shape index (κ2) is 6.53. The van der Waals surface area contributed by atoms with Crippen LogP contribution in [0.15, 0.2) is 41.3 Å². The lowest BCUT2D eigenvalue weighted by molar-refractivity contribution is -0.116. The van der Waals surface area contributed by atoms with E-state index in [-0.39, 0.29) is 10.8 Å². The number of amides is 1. The molecular formula is C18H18N2O5S. The van der Waals surface area contributed by atoms with Gasteiger partial charge in [0, 0.05) is 24.6 Å². The van der Waals surface area contributed by atoms with Gasteiger partial charge >= 0.3 is 0 Å². The highest BCUT2D eigenvalue weighted by atomic mass is 32.2. The normalized spacial score (nSPS) is 16.2. The van der Waals surface area contributed by atoms with E-state index in [9.17, 15) is 13.2 Å². The summed E-state index contributed by atoms with van der Waals surface area (Å²) in [6.07, 6.45) is 1.65. The van der Waals surface area contributed by atoms with Gasteiger partial charge in [-0.3, -0.25) is 9.52 Å². The molecule has 26 heavy (non-hydrogen) atoms. The Balaban J connectivity index is 1.60. The number of fused-ring (bicyclic) bond motifs is 2. The van der Waals surface area contributed by atoms with Crippen LogP contribution in [0.5, 0.6) is 11.5 Å². The molecule has 0 spiro atoms. The summed E-state index contributed by atoms with van der Waals surface area (Å²) in [7, 11) is -3.76. The molecule has 2 aliphatic rings. The summed E-state index contributed by atoms with van der Waals surface area (Å²) in [5.41, 5.74) is 1.88. The van der Waals surface area contributed by atoms with E-state index in [0.717, 1.165) is 12.0 Å². The first-order valence-electron chi connectivity index (χ1n) is 8.36. The molecule has 1 amide bonds. The maximum absolute atomic E-state index is 12.7. The van der Waals surface area contributed by atoms with E-state index in [2.05, 4.69) is 10.0 Å². The molecule has 2 aromatic rings. The van der Waals surface area contributed by atoms with Crippen molar-refractivity contribution in [2.75, 3.05) is 23.3 Å². The fraction of sp³-hybridized carbons (Fsp3) is 0.278. The van der Waals surface area contributed by atoms with Crippen LogP contribution in [0.3, 0.4) is 0 Å². The molecule has 0 saturated carbocycles. The number of aryl methyl sites for hydroxylation is 1. The Kier molecular flexibility index (Phi) is 4.20. The number of benzene rings is 2. The molecule has 4 rings (SSSR count). The van der Waals surface area contributed by atoms with Gasteiger partial charge < -0.3 is 14.8 Å². The van der Waals surface area contributed by atoms with E-state index in [0.29, 0.717) is 48.9 Å². The fourth-order valence-corrected chi connectivity index (χ4v) is 4.07. The molecule has 0 aliphatic carbocycles. The molecule has 8 heteroatoms. The minimum absolute atomic E-state index is 0.0570. The van der Waals surface area contributed by atoms with Gasteiger partial charge in [-0.2, -0.15) is 0 Å². The maximum Gasteiger partial charge on any atom is 0.261 e. The Bertz CT molecular complexity index is 972. The zero-order valence-electron chi connectivity index (χ0n) is 13.9. The maximum atomic E-state index is 12.7. The van der Waals surface area contributed by atoms with E-state index in [1.807, 2.05) is 0 Å². The number of sulfonamides is 1. The minimum Gasteiger partial charge on any atom is -0.490 e. The smallest absolute Gasteiger partial charge is 0.261 e. The Morgan fingerprint density at radius 2 is 1.77 bits per heavy atom. The number of ether oxygens (including phenoxy) is 2. The molecule has 7 nitrogen and oxygen atoms in total. The largest absolute Gasteiger partial charge is 0.490 e. The van der Waals surface area contributed by atoms with Gasteiger partial charge in [0.05, 0.1) is 23.8 Å². The summed E-state index contributed by atoms with van der Waals surface area (Å²) >= 11 is 0. The highest BCUT2D eigenvalue weighted by Crippen LogP contribution is 2.33. The molecule has 136 valence electrons. The SMILES string of the molecule is O=C1CCc2cc(S(=O)(=O)Nc3ccc4c(c3)OCCCO4)ccc2N1. The van der Waals surface area contributed by atoms with Crippen molar-refractivity contribution < 1.29 is 22.7 Å². The number of hydrogen-bond donors (Lipinski definition) is 2. The van der Waals surface area contributed by atoms with Gasteiger partial charge in [-0.25, -0.2) is 8.42 Å². The van der Waals surface area contributed by atoms with Gasteiger partial charge in [0.2, 0.25) is 5.91 Å². The Hall–Kier alpha value is -2.74. The second-order valence-electron chi connectivity index (χ2n) is 6.18.